The molecular weight excluding hydrogens is 385 g/mol. The van der Waals surface area contributed by atoms with Gasteiger partial charge < -0.3 is 24.4 Å². The van der Waals surface area contributed by atoms with Crippen molar-refractivity contribution in [2.75, 3.05) is 25.1 Å². The molecule has 1 aliphatic heterocycles. The topological polar surface area (TPSA) is 113 Å². The Labute approximate surface area is 159 Å². The highest BCUT2D eigenvalue weighted by Crippen LogP contribution is 2.29. The van der Waals surface area contributed by atoms with Crippen molar-refractivity contribution in [3.05, 3.63) is 27.3 Å². The number of esters is 1. The van der Waals surface area contributed by atoms with E-state index in [1.807, 2.05) is 4.90 Å². The third-order valence-electron chi connectivity index (χ3n) is 4.16. The second kappa shape index (κ2) is 7.55. The number of hydrogen-bond donors (Lipinski definition) is 2. The minimum Gasteiger partial charge on any atom is -0.462 e. The van der Waals surface area contributed by atoms with Gasteiger partial charge in [-0.05, 0) is 19.8 Å². The van der Waals surface area contributed by atoms with Gasteiger partial charge in [0, 0.05) is 24.8 Å². The third-order valence-corrected chi connectivity index (χ3v) is 5.10. The quantitative estimate of drug-likeness (QED) is 0.754. The Morgan fingerprint density at radius 3 is 2.54 bits per heavy atom. The van der Waals surface area contributed by atoms with E-state index < -0.39 is 5.97 Å². The Morgan fingerprint density at radius 2 is 1.96 bits per heavy atom. The van der Waals surface area contributed by atoms with Crippen LogP contribution in [0.25, 0.3) is 0 Å². The molecule has 3 rings (SSSR count). The molecule has 0 aliphatic carbocycles. The van der Waals surface area contributed by atoms with Crippen molar-refractivity contribution >= 4 is 41.1 Å². The van der Waals surface area contributed by atoms with Crippen LogP contribution in [0.5, 0.6) is 0 Å². The van der Waals surface area contributed by atoms with Crippen molar-refractivity contribution in [2.45, 2.75) is 25.8 Å². The molecule has 0 atom stereocenters. The van der Waals surface area contributed by atoms with Gasteiger partial charge in [0.05, 0.1) is 17.2 Å². The summed E-state index contributed by atoms with van der Waals surface area (Å²) in [7, 11) is 1.24. The average Bonchev–Trinajstić information content (AvgIpc) is 3.23. The number of halogens is 2. The summed E-state index contributed by atoms with van der Waals surface area (Å²) in [5.41, 5.74) is 0.908. The minimum atomic E-state index is -0.678. The number of ether oxygens (including phenoxy) is 1. The number of carbonyl (C=O) groups is 2. The molecule has 26 heavy (non-hydrogen) atoms. The highest BCUT2D eigenvalue weighted by molar-refractivity contribution is 6.44. The molecule has 0 spiro atoms. The van der Waals surface area contributed by atoms with E-state index >= 15 is 0 Å². The molecule has 140 valence electrons. The molecular formula is C15H17Cl2N5O4. The number of aryl methyl sites for hydroxylation is 1. The monoisotopic (exact) mass is 401 g/mol. The maximum Gasteiger partial charge on any atom is 0.396 e. The molecule has 1 aliphatic rings. The van der Waals surface area contributed by atoms with Crippen molar-refractivity contribution in [3.63, 3.8) is 0 Å². The molecule has 2 aromatic rings. The molecule has 1 amide bonds. The van der Waals surface area contributed by atoms with Crippen LogP contribution in [0.4, 0.5) is 6.01 Å². The maximum atomic E-state index is 12.4. The molecule has 0 unspecified atom stereocenters. The van der Waals surface area contributed by atoms with Gasteiger partial charge in [0.1, 0.15) is 5.69 Å². The van der Waals surface area contributed by atoms with Gasteiger partial charge in [-0.25, -0.2) is 4.79 Å². The van der Waals surface area contributed by atoms with Crippen LogP contribution in [0.15, 0.2) is 4.42 Å². The zero-order chi connectivity index (χ0) is 18.8. The van der Waals surface area contributed by atoms with Crippen LogP contribution in [-0.4, -0.2) is 53.3 Å². The van der Waals surface area contributed by atoms with Gasteiger partial charge in [0.2, 0.25) is 0 Å². The fourth-order valence-corrected chi connectivity index (χ4v) is 3.13. The number of methoxy groups -OCH3 is 1. The summed E-state index contributed by atoms with van der Waals surface area (Å²) >= 11 is 12.1. The zero-order valence-electron chi connectivity index (χ0n) is 14.1. The first kappa shape index (κ1) is 18.5. The van der Waals surface area contributed by atoms with E-state index in [4.69, 9.17) is 27.6 Å². The highest BCUT2D eigenvalue weighted by Gasteiger charge is 2.27. The van der Waals surface area contributed by atoms with E-state index in [-0.39, 0.29) is 34.6 Å². The second-order valence-corrected chi connectivity index (χ2v) is 6.63. The number of aromatic nitrogens is 3. The van der Waals surface area contributed by atoms with Gasteiger partial charge in [-0.15, -0.1) is 0 Å². The predicted molar refractivity (Wildman–Crippen MR) is 93.9 cm³/mol. The molecule has 9 nitrogen and oxygen atoms in total. The molecule has 0 bridgehead atoms. The van der Waals surface area contributed by atoms with Crippen molar-refractivity contribution < 1.29 is 18.7 Å². The van der Waals surface area contributed by atoms with Crippen LogP contribution in [0, 0.1) is 6.92 Å². The summed E-state index contributed by atoms with van der Waals surface area (Å²) in [6.07, 6.45) is 1.35. The number of aromatic amines is 1. The molecule has 3 heterocycles. The third kappa shape index (κ3) is 3.63. The van der Waals surface area contributed by atoms with Crippen molar-refractivity contribution in [3.8, 4) is 0 Å². The Hall–Kier alpha value is -2.26. The van der Waals surface area contributed by atoms with Gasteiger partial charge in [-0.2, -0.15) is 0 Å². The molecule has 1 saturated heterocycles. The molecule has 0 aromatic carbocycles. The summed E-state index contributed by atoms with van der Waals surface area (Å²) in [6, 6.07) is 0.227. The number of anilines is 1. The van der Waals surface area contributed by atoms with E-state index in [1.165, 1.54) is 7.11 Å². The van der Waals surface area contributed by atoms with E-state index in [2.05, 4.69) is 25.2 Å². The SMILES string of the molecule is COC(=O)c1nnc(N2CCC(NC(=O)c3[nH]c(C)c(Cl)c3Cl)CC2)o1. The number of nitrogens with one attached hydrogen (secondary N) is 2. The lowest BCUT2D eigenvalue weighted by Gasteiger charge is -2.30. The largest absolute Gasteiger partial charge is 0.462 e. The molecule has 2 aromatic heterocycles. The Morgan fingerprint density at radius 1 is 1.27 bits per heavy atom. The number of piperidine rings is 1. The first-order chi connectivity index (χ1) is 12.4. The van der Waals surface area contributed by atoms with E-state index in [0.29, 0.717) is 36.6 Å². The minimum absolute atomic E-state index is 0.0276. The Balaban J connectivity index is 1.57. The lowest BCUT2D eigenvalue weighted by Crippen LogP contribution is -2.45. The number of hydrogen-bond acceptors (Lipinski definition) is 7. The van der Waals surface area contributed by atoms with E-state index in [9.17, 15) is 9.59 Å². The van der Waals surface area contributed by atoms with Gasteiger partial charge in [-0.1, -0.05) is 33.4 Å². The van der Waals surface area contributed by atoms with Gasteiger partial charge in [-0.3, -0.25) is 4.79 Å². The number of nitrogens with zero attached hydrogens (tertiary/aromatic N) is 3. The molecule has 0 saturated carbocycles. The van der Waals surface area contributed by atoms with Crippen LogP contribution >= 0.6 is 23.2 Å². The number of amides is 1. The highest BCUT2D eigenvalue weighted by atomic mass is 35.5. The summed E-state index contributed by atoms with van der Waals surface area (Å²) in [4.78, 5) is 28.5. The Bertz CT molecular complexity index is 826. The normalized spacial score (nSPS) is 15.2. The number of carbonyl (C=O) groups excluding carboxylic acids is 2. The lowest BCUT2D eigenvalue weighted by atomic mass is 10.1. The predicted octanol–water partition coefficient (Wildman–Crippen LogP) is 2.20. The van der Waals surface area contributed by atoms with Crippen molar-refractivity contribution in [1.82, 2.24) is 20.5 Å². The first-order valence-corrected chi connectivity index (χ1v) is 8.67. The van der Waals surface area contributed by atoms with E-state index in [1.54, 1.807) is 6.92 Å². The molecule has 0 radical (unpaired) electrons. The van der Waals surface area contributed by atoms with Gasteiger partial charge >= 0.3 is 17.9 Å². The van der Waals surface area contributed by atoms with Gasteiger partial charge in [0.15, 0.2) is 0 Å². The van der Waals surface area contributed by atoms with Gasteiger partial charge in [0.25, 0.3) is 5.91 Å². The number of rotatable bonds is 4. The zero-order valence-corrected chi connectivity index (χ0v) is 15.6. The standard InChI is InChI=1S/C15H17Cl2N5O4/c1-7-9(16)10(17)11(18-7)12(23)19-8-3-5-22(6-4-8)15-21-20-13(26-15)14(24)25-2/h8,18H,3-6H2,1-2H3,(H,19,23). The molecule has 1 fully saturated rings. The van der Waals surface area contributed by atoms with E-state index in [0.717, 1.165) is 0 Å². The number of H-pyrrole nitrogens is 1. The summed E-state index contributed by atoms with van der Waals surface area (Å²) in [5, 5.41) is 11.0. The first-order valence-electron chi connectivity index (χ1n) is 7.92. The molecule has 2 N–H and O–H groups in total. The van der Waals surface area contributed by atoms with Crippen LogP contribution in [0.1, 0.15) is 39.7 Å². The maximum absolute atomic E-state index is 12.4. The Kier molecular flexibility index (Phi) is 5.38. The molecule has 11 heteroatoms. The summed E-state index contributed by atoms with van der Waals surface area (Å²) in [6.45, 7) is 2.93. The average molecular weight is 402 g/mol. The second-order valence-electron chi connectivity index (χ2n) is 5.87. The van der Waals surface area contributed by atoms with Crippen LogP contribution in [0.3, 0.4) is 0 Å². The van der Waals surface area contributed by atoms with Crippen LogP contribution in [-0.2, 0) is 4.74 Å². The van der Waals surface area contributed by atoms with Crippen LogP contribution in [0.2, 0.25) is 10.0 Å². The fraction of sp³-hybridized carbons (Fsp3) is 0.467. The van der Waals surface area contributed by atoms with Crippen LogP contribution < -0.4 is 10.2 Å². The lowest BCUT2D eigenvalue weighted by molar-refractivity contribution is 0.0556. The summed E-state index contributed by atoms with van der Waals surface area (Å²) in [5.74, 6) is -1.16. The smallest absolute Gasteiger partial charge is 0.396 e. The van der Waals surface area contributed by atoms with Crippen molar-refractivity contribution in [2.24, 2.45) is 0 Å². The fourth-order valence-electron chi connectivity index (χ4n) is 2.71. The summed E-state index contributed by atoms with van der Waals surface area (Å²) < 4.78 is 9.83. The van der Waals surface area contributed by atoms with Crippen molar-refractivity contribution in [1.29, 1.82) is 0 Å².